The van der Waals surface area contributed by atoms with Gasteiger partial charge in [0.2, 0.25) is 11.9 Å². The van der Waals surface area contributed by atoms with Crippen molar-refractivity contribution in [1.29, 1.82) is 0 Å². The Kier molecular flexibility index (Phi) is 2.79. The lowest BCUT2D eigenvalue weighted by Gasteiger charge is -2.03. The first-order chi connectivity index (χ1) is 8.11. The first kappa shape index (κ1) is 11.1. The highest BCUT2D eigenvalue weighted by Crippen LogP contribution is 2.34. The van der Waals surface area contributed by atoms with E-state index in [-0.39, 0.29) is 5.91 Å². The van der Waals surface area contributed by atoms with Crippen molar-refractivity contribution in [2.45, 2.75) is 12.5 Å². The van der Waals surface area contributed by atoms with Crippen molar-refractivity contribution in [1.82, 2.24) is 0 Å². The number of carbonyl (C=O) groups is 1. The molecule has 0 aliphatic heterocycles. The van der Waals surface area contributed by atoms with E-state index in [2.05, 4.69) is 11.2 Å². The molecule has 1 N–H and O–H groups in total. The van der Waals surface area contributed by atoms with Crippen molar-refractivity contribution in [3.63, 3.8) is 0 Å². The molecule has 1 aliphatic rings. The highest BCUT2D eigenvalue weighted by atomic mass is 16.6. The molecule has 1 fully saturated rings. The van der Waals surface area contributed by atoms with Gasteiger partial charge in [-0.05, 0) is 18.2 Å². The van der Waals surface area contributed by atoms with Gasteiger partial charge in [-0.15, -0.1) is 6.42 Å². The Morgan fingerprint density at radius 2 is 2.35 bits per heavy atom. The average Bonchev–Trinajstić information content (AvgIpc) is 3.09. The molecule has 0 radical (unpaired) electrons. The van der Waals surface area contributed by atoms with Crippen LogP contribution in [-0.4, -0.2) is 16.9 Å². The third-order valence-electron chi connectivity index (χ3n) is 2.66. The van der Waals surface area contributed by atoms with Crippen LogP contribution < -0.4 is 5.32 Å². The number of rotatable bonds is 3. The summed E-state index contributed by atoms with van der Waals surface area (Å²) in [4.78, 5) is 21.6. The molecule has 0 bridgehead atoms. The van der Waals surface area contributed by atoms with E-state index >= 15 is 0 Å². The summed E-state index contributed by atoms with van der Waals surface area (Å²) in [6.07, 6.45) is 5.54. The van der Waals surface area contributed by atoms with E-state index in [1.54, 1.807) is 24.3 Å². The molecule has 1 saturated carbocycles. The van der Waals surface area contributed by atoms with Gasteiger partial charge in [0.25, 0.3) is 0 Å². The molecule has 1 amide bonds. The number of carbonyl (C=O) groups excluding carboxylic acids is 1. The second kappa shape index (κ2) is 4.26. The number of benzene rings is 1. The van der Waals surface area contributed by atoms with Crippen molar-refractivity contribution in [3.05, 3.63) is 39.9 Å². The van der Waals surface area contributed by atoms with E-state index in [1.165, 1.54) is 0 Å². The van der Waals surface area contributed by atoms with Crippen LogP contribution in [0.5, 0.6) is 0 Å². The molecule has 86 valence electrons. The summed E-state index contributed by atoms with van der Waals surface area (Å²) in [6, 6.07) is 6.09. The van der Waals surface area contributed by atoms with Crippen LogP contribution >= 0.6 is 0 Å². The maximum atomic E-state index is 11.6. The zero-order valence-corrected chi connectivity index (χ0v) is 8.92. The third-order valence-corrected chi connectivity index (χ3v) is 2.66. The van der Waals surface area contributed by atoms with E-state index in [4.69, 9.17) is 6.42 Å². The van der Waals surface area contributed by atoms with Crippen LogP contribution in [0.3, 0.4) is 0 Å². The Labute approximate surface area is 98.0 Å². The Hall–Kier alpha value is -2.35. The molecule has 1 aliphatic carbocycles. The summed E-state index contributed by atoms with van der Waals surface area (Å²) in [5.74, 6) is 1.62. The number of nitrogens with one attached hydrogen (secondary N) is 1. The standard InChI is InChI=1S/C12H10N2O3/c1-2-8-4-3-5-9(6-8)13-12(15)10-7-11(10)14(16)17/h1,3-6,10-11H,7H2,(H,13,15)/t10-,11+/m0/s1. The van der Waals surface area contributed by atoms with Gasteiger partial charge in [-0.25, -0.2) is 0 Å². The highest BCUT2D eigenvalue weighted by Gasteiger charge is 2.53. The lowest BCUT2D eigenvalue weighted by atomic mass is 10.2. The summed E-state index contributed by atoms with van der Waals surface area (Å²) >= 11 is 0. The zero-order valence-electron chi connectivity index (χ0n) is 8.92. The second-order valence-electron chi connectivity index (χ2n) is 3.91. The molecule has 0 unspecified atom stereocenters. The summed E-state index contributed by atoms with van der Waals surface area (Å²) < 4.78 is 0. The van der Waals surface area contributed by atoms with Gasteiger partial charge >= 0.3 is 0 Å². The summed E-state index contributed by atoms with van der Waals surface area (Å²) in [7, 11) is 0. The van der Waals surface area contributed by atoms with Gasteiger partial charge in [-0.2, -0.15) is 0 Å². The Bertz CT molecular complexity index is 519. The molecule has 0 aromatic heterocycles. The number of nitrogens with zero attached hydrogens (tertiary/aromatic N) is 1. The SMILES string of the molecule is C#Cc1cccc(NC(=O)[C@H]2C[C@H]2[N+](=O)[O-])c1. The molecule has 2 rings (SSSR count). The van der Waals surface area contributed by atoms with Gasteiger partial charge in [0.05, 0.1) is 0 Å². The van der Waals surface area contributed by atoms with Crippen LogP contribution in [0.2, 0.25) is 0 Å². The molecule has 0 saturated heterocycles. The number of anilines is 1. The molecule has 2 atom stereocenters. The minimum Gasteiger partial charge on any atom is -0.326 e. The number of amides is 1. The van der Waals surface area contributed by atoms with Gasteiger partial charge in [-0.3, -0.25) is 14.9 Å². The first-order valence-electron chi connectivity index (χ1n) is 5.13. The lowest BCUT2D eigenvalue weighted by Crippen LogP contribution is -2.18. The molecule has 1 aromatic carbocycles. The molecule has 0 spiro atoms. The van der Waals surface area contributed by atoms with Crippen LogP contribution in [0.1, 0.15) is 12.0 Å². The third kappa shape index (κ3) is 2.42. The Morgan fingerprint density at radius 3 is 2.94 bits per heavy atom. The zero-order chi connectivity index (χ0) is 12.4. The quantitative estimate of drug-likeness (QED) is 0.483. The maximum absolute atomic E-state index is 11.6. The first-order valence-corrected chi connectivity index (χ1v) is 5.13. The molecule has 0 heterocycles. The van der Waals surface area contributed by atoms with Crippen molar-refractivity contribution in [2.24, 2.45) is 5.92 Å². The minimum atomic E-state index is -0.731. The topological polar surface area (TPSA) is 72.2 Å². The van der Waals surface area contributed by atoms with Gasteiger partial charge < -0.3 is 5.32 Å². The number of hydrogen-bond acceptors (Lipinski definition) is 3. The molecular formula is C12H10N2O3. The molecule has 1 aromatic rings. The van der Waals surface area contributed by atoms with E-state index in [0.29, 0.717) is 17.7 Å². The predicted molar refractivity (Wildman–Crippen MR) is 61.9 cm³/mol. The highest BCUT2D eigenvalue weighted by molar-refractivity contribution is 5.94. The fourth-order valence-corrected chi connectivity index (χ4v) is 1.62. The molecule has 17 heavy (non-hydrogen) atoms. The van der Waals surface area contributed by atoms with Crippen LogP contribution in [0, 0.1) is 28.4 Å². The number of hydrogen-bond donors (Lipinski definition) is 1. The second-order valence-corrected chi connectivity index (χ2v) is 3.91. The van der Waals surface area contributed by atoms with Gasteiger partial charge in [0.15, 0.2) is 0 Å². The Morgan fingerprint density at radius 1 is 1.59 bits per heavy atom. The molecule has 5 heteroatoms. The van der Waals surface area contributed by atoms with Crippen LogP contribution in [0.25, 0.3) is 0 Å². The number of nitro groups is 1. The van der Waals surface area contributed by atoms with Gasteiger partial charge in [-0.1, -0.05) is 12.0 Å². The fourth-order valence-electron chi connectivity index (χ4n) is 1.62. The van der Waals surface area contributed by atoms with Crippen molar-refractivity contribution in [2.75, 3.05) is 5.32 Å². The maximum Gasteiger partial charge on any atom is 0.234 e. The van der Waals surface area contributed by atoms with E-state index in [9.17, 15) is 14.9 Å². The van der Waals surface area contributed by atoms with Crippen LogP contribution in [0.4, 0.5) is 5.69 Å². The molecule has 5 nitrogen and oxygen atoms in total. The van der Waals surface area contributed by atoms with Crippen molar-refractivity contribution >= 4 is 11.6 Å². The van der Waals surface area contributed by atoms with Crippen molar-refractivity contribution in [3.8, 4) is 12.3 Å². The van der Waals surface area contributed by atoms with Crippen LogP contribution in [0.15, 0.2) is 24.3 Å². The predicted octanol–water partition coefficient (Wildman–Crippen LogP) is 1.27. The average molecular weight is 230 g/mol. The van der Waals surface area contributed by atoms with Gasteiger partial charge in [0.1, 0.15) is 5.92 Å². The van der Waals surface area contributed by atoms with Crippen LogP contribution in [-0.2, 0) is 4.79 Å². The van der Waals surface area contributed by atoms with Gasteiger partial charge in [0, 0.05) is 22.6 Å². The largest absolute Gasteiger partial charge is 0.326 e. The van der Waals surface area contributed by atoms with E-state index in [1.807, 2.05) is 0 Å². The molecular weight excluding hydrogens is 220 g/mol. The Balaban J connectivity index is 2.00. The normalized spacial score (nSPS) is 21.4. The smallest absolute Gasteiger partial charge is 0.234 e. The fraction of sp³-hybridized carbons (Fsp3) is 0.250. The number of terminal acetylenes is 1. The lowest BCUT2D eigenvalue weighted by molar-refractivity contribution is -0.497. The summed E-state index contributed by atoms with van der Waals surface area (Å²) in [6.45, 7) is 0. The van der Waals surface area contributed by atoms with E-state index < -0.39 is 16.9 Å². The summed E-state index contributed by atoms with van der Waals surface area (Å²) in [5, 5.41) is 13.1. The van der Waals surface area contributed by atoms with E-state index in [0.717, 1.165) is 0 Å². The summed E-state index contributed by atoms with van der Waals surface area (Å²) in [5.41, 5.74) is 1.23. The minimum absolute atomic E-state index is 0.313. The van der Waals surface area contributed by atoms with Crippen molar-refractivity contribution < 1.29 is 9.72 Å². The monoisotopic (exact) mass is 230 g/mol.